The first-order valence-electron chi connectivity index (χ1n) is 6.97. The number of hydrogen-bond donors (Lipinski definition) is 0. The molecule has 0 aliphatic carbocycles. The van der Waals surface area contributed by atoms with Gasteiger partial charge in [0, 0.05) is 37.1 Å². The molecule has 110 valence electrons. The highest BCUT2D eigenvalue weighted by Gasteiger charge is 2.16. The minimum atomic E-state index is -0.0256. The number of pyridine rings is 1. The number of aryl methyl sites for hydroxylation is 1. The zero-order chi connectivity index (χ0) is 15.4. The lowest BCUT2D eigenvalue weighted by Gasteiger charge is -2.20. The van der Waals surface area contributed by atoms with Gasteiger partial charge in [0.2, 0.25) is 5.91 Å². The van der Waals surface area contributed by atoms with E-state index < -0.39 is 0 Å². The van der Waals surface area contributed by atoms with Crippen LogP contribution in [0.5, 0.6) is 0 Å². The Morgan fingerprint density at radius 2 is 1.95 bits per heavy atom. The molecule has 2 rings (SSSR count). The monoisotopic (exact) mass is 284 g/mol. The molecule has 0 bridgehead atoms. The quantitative estimate of drug-likeness (QED) is 0.865. The van der Waals surface area contributed by atoms with Crippen LogP contribution < -0.4 is 0 Å². The lowest BCUT2D eigenvalue weighted by atomic mass is 10.1. The van der Waals surface area contributed by atoms with Crippen molar-refractivity contribution in [1.29, 1.82) is 0 Å². The van der Waals surface area contributed by atoms with Crippen molar-refractivity contribution >= 4 is 5.91 Å². The van der Waals surface area contributed by atoms with E-state index in [1.54, 1.807) is 30.5 Å². The first-order chi connectivity index (χ1) is 9.99. The van der Waals surface area contributed by atoms with E-state index in [4.69, 9.17) is 0 Å². The van der Waals surface area contributed by atoms with Crippen molar-refractivity contribution in [2.24, 2.45) is 5.92 Å². The number of rotatable bonds is 4. The van der Waals surface area contributed by atoms with Gasteiger partial charge in [0.1, 0.15) is 5.82 Å². The van der Waals surface area contributed by atoms with E-state index in [-0.39, 0.29) is 11.8 Å². The molecule has 0 spiro atoms. The number of nitrogens with zero attached hydrogens (tertiary/aromatic N) is 4. The highest BCUT2D eigenvalue weighted by molar-refractivity contribution is 5.78. The third-order valence-electron chi connectivity index (χ3n) is 3.24. The van der Waals surface area contributed by atoms with E-state index in [2.05, 4.69) is 15.0 Å². The fourth-order valence-electron chi connectivity index (χ4n) is 2.15. The Morgan fingerprint density at radius 3 is 2.57 bits per heavy atom. The van der Waals surface area contributed by atoms with Gasteiger partial charge in [0.25, 0.3) is 0 Å². The molecule has 0 saturated heterocycles. The van der Waals surface area contributed by atoms with E-state index in [0.29, 0.717) is 12.4 Å². The number of amides is 1. The first-order valence-corrected chi connectivity index (χ1v) is 6.97. The van der Waals surface area contributed by atoms with Gasteiger partial charge in [-0.2, -0.15) is 0 Å². The van der Waals surface area contributed by atoms with Crippen LogP contribution in [-0.2, 0) is 11.3 Å². The number of aromatic nitrogens is 3. The second-order valence-electron chi connectivity index (χ2n) is 5.36. The van der Waals surface area contributed by atoms with Gasteiger partial charge in [-0.05, 0) is 24.6 Å². The van der Waals surface area contributed by atoms with Crippen LogP contribution in [0.2, 0.25) is 0 Å². The largest absolute Gasteiger partial charge is 0.340 e. The predicted molar refractivity (Wildman–Crippen MR) is 81.3 cm³/mol. The zero-order valence-corrected chi connectivity index (χ0v) is 12.9. The van der Waals surface area contributed by atoms with Crippen molar-refractivity contribution in [1.82, 2.24) is 19.9 Å². The summed E-state index contributed by atoms with van der Waals surface area (Å²) in [7, 11) is 1.80. The Hall–Kier alpha value is -2.30. The molecule has 0 fully saturated rings. The van der Waals surface area contributed by atoms with Gasteiger partial charge >= 0.3 is 0 Å². The lowest BCUT2D eigenvalue weighted by Crippen LogP contribution is -2.30. The van der Waals surface area contributed by atoms with E-state index in [0.717, 1.165) is 16.8 Å². The van der Waals surface area contributed by atoms with E-state index in [9.17, 15) is 4.79 Å². The molecule has 2 aromatic rings. The smallest absolute Gasteiger partial charge is 0.225 e. The van der Waals surface area contributed by atoms with Crippen LogP contribution >= 0.6 is 0 Å². The van der Waals surface area contributed by atoms with Crippen molar-refractivity contribution in [3.63, 3.8) is 0 Å². The van der Waals surface area contributed by atoms with Gasteiger partial charge < -0.3 is 4.90 Å². The number of carbonyl (C=O) groups excluding carboxylic acids is 1. The van der Waals surface area contributed by atoms with Gasteiger partial charge in [-0.25, -0.2) is 9.97 Å². The van der Waals surface area contributed by atoms with E-state index >= 15 is 0 Å². The van der Waals surface area contributed by atoms with Crippen molar-refractivity contribution in [3.05, 3.63) is 42.2 Å². The average molecular weight is 284 g/mol. The summed E-state index contributed by atoms with van der Waals surface area (Å²) in [5.74, 6) is 0.780. The SMILES string of the molecule is Cc1ncc(-c2ccncc2)c(CN(C)C(=O)C(C)C)n1. The van der Waals surface area contributed by atoms with Crippen molar-refractivity contribution in [2.75, 3.05) is 7.05 Å². The first kappa shape index (κ1) is 15.1. The second-order valence-corrected chi connectivity index (χ2v) is 5.36. The maximum absolute atomic E-state index is 12.1. The molecule has 21 heavy (non-hydrogen) atoms. The molecule has 5 heteroatoms. The van der Waals surface area contributed by atoms with Gasteiger partial charge in [-0.15, -0.1) is 0 Å². The molecule has 0 N–H and O–H groups in total. The normalized spacial score (nSPS) is 10.7. The summed E-state index contributed by atoms with van der Waals surface area (Å²) in [6, 6.07) is 3.84. The molecule has 2 aromatic heterocycles. The van der Waals surface area contributed by atoms with Crippen molar-refractivity contribution < 1.29 is 4.79 Å². The lowest BCUT2D eigenvalue weighted by molar-refractivity contribution is -0.133. The fraction of sp³-hybridized carbons (Fsp3) is 0.375. The maximum atomic E-state index is 12.1. The van der Waals surface area contributed by atoms with Crippen LogP contribution in [-0.4, -0.2) is 32.8 Å². The highest BCUT2D eigenvalue weighted by atomic mass is 16.2. The molecular formula is C16H20N4O. The summed E-state index contributed by atoms with van der Waals surface area (Å²) in [5.41, 5.74) is 2.79. The van der Waals surface area contributed by atoms with Crippen LogP contribution in [0.1, 0.15) is 25.4 Å². The number of hydrogen-bond acceptors (Lipinski definition) is 4. The molecular weight excluding hydrogens is 264 g/mol. The summed E-state index contributed by atoms with van der Waals surface area (Å²) >= 11 is 0. The molecule has 5 nitrogen and oxygen atoms in total. The molecule has 0 saturated carbocycles. The minimum absolute atomic E-state index is 0.0256. The van der Waals surface area contributed by atoms with Crippen molar-refractivity contribution in [3.8, 4) is 11.1 Å². The summed E-state index contributed by atoms with van der Waals surface area (Å²) in [6.45, 7) is 6.11. The second kappa shape index (κ2) is 6.43. The standard InChI is InChI=1S/C16H20N4O/c1-11(2)16(21)20(4)10-15-14(9-18-12(3)19-15)13-5-7-17-8-6-13/h5-9,11H,10H2,1-4H3. The van der Waals surface area contributed by atoms with E-state index in [1.807, 2.05) is 32.9 Å². The van der Waals surface area contributed by atoms with Crippen LogP contribution in [0.4, 0.5) is 0 Å². The third kappa shape index (κ3) is 3.62. The van der Waals surface area contributed by atoms with Gasteiger partial charge in [0.15, 0.2) is 0 Å². The van der Waals surface area contributed by atoms with Crippen molar-refractivity contribution in [2.45, 2.75) is 27.3 Å². The third-order valence-corrected chi connectivity index (χ3v) is 3.24. The average Bonchev–Trinajstić information content (AvgIpc) is 2.47. The van der Waals surface area contributed by atoms with Crippen LogP contribution in [0, 0.1) is 12.8 Å². The summed E-state index contributed by atoms with van der Waals surface area (Å²) < 4.78 is 0. The van der Waals surface area contributed by atoms with Crippen LogP contribution in [0.25, 0.3) is 11.1 Å². The molecule has 0 unspecified atom stereocenters. The summed E-state index contributed by atoms with van der Waals surface area (Å²) in [4.78, 5) is 26.6. The van der Waals surface area contributed by atoms with Gasteiger partial charge in [-0.3, -0.25) is 9.78 Å². The molecule has 0 aliphatic rings. The maximum Gasteiger partial charge on any atom is 0.225 e. The summed E-state index contributed by atoms with van der Waals surface area (Å²) in [5, 5.41) is 0. The number of carbonyl (C=O) groups is 1. The van der Waals surface area contributed by atoms with Crippen LogP contribution in [0.3, 0.4) is 0 Å². The van der Waals surface area contributed by atoms with Gasteiger partial charge in [-0.1, -0.05) is 13.8 Å². The predicted octanol–water partition coefficient (Wildman–Crippen LogP) is 2.46. The summed E-state index contributed by atoms with van der Waals surface area (Å²) in [6.07, 6.45) is 5.28. The zero-order valence-electron chi connectivity index (χ0n) is 12.9. The Bertz CT molecular complexity index is 625. The highest BCUT2D eigenvalue weighted by Crippen LogP contribution is 2.22. The Morgan fingerprint density at radius 1 is 1.29 bits per heavy atom. The molecule has 0 radical (unpaired) electrons. The Balaban J connectivity index is 2.35. The molecule has 0 aromatic carbocycles. The molecule has 1 amide bonds. The molecule has 2 heterocycles. The van der Waals surface area contributed by atoms with E-state index in [1.165, 1.54) is 0 Å². The van der Waals surface area contributed by atoms with Gasteiger partial charge in [0.05, 0.1) is 12.2 Å². The Labute approximate surface area is 125 Å². The molecule has 0 atom stereocenters. The molecule has 0 aliphatic heterocycles. The minimum Gasteiger partial charge on any atom is -0.340 e. The fourth-order valence-corrected chi connectivity index (χ4v) is 2.15. The Kier molecular flexibility index (Phi) is 4.62. The topological polar surface area (TPSA) is 59.0 Å². The van der Waals surface area contributed by atoms with Crippen LogP contribution in [0.15, 0.2) is 30.7 Å².